The van der Waals surface area contributed by atoms with Gasteiger partial charge < -0.3 is 9.88 Å². The smallest absolute Gasteiger partial charge is 0.261 e. The Labute approximate surface area is 156 Å². The maximum atomic E-state index is 12.0. The van der Waals surface area contributed by atoms with Crippen molar-refractivity contribution in [3.05, 3.63) is 61.1 Å². The Morgan fingerprint density at radius 1 is 1.30 bits per heavy atom. The van der Waals surface area contributed by atoms with Gasteiger partial charge in [-0.1, -0.05) is 23.7 Å². The molecule has 3 rings (SSSR count). The first-order chi connectivity index (χ1) is 11.0. The lowest BCUT2D eigenvalue weighted by molar-refractivity contribution is 0.0954. The molecular formula is C16H13ClIN3OS. The molecule has 0 fully saturated rings. The minimum Gasteiger partial charge on any atom is -0.346 e. The van der Waals surface area contributed by atoms with E-state index < -0.39 is 0 Å². The third kappa shape index (κ3) is 3.94. The minimum atomic E-state index is -0.136. The molecule has 0 radical (unpaired) electrons. The van der Waals surface area contributed by atoms with Gasteiger partial charge >= 0.3 is 0 Å². The van der Waals surface area contributed by atoms with Crippen molar-refractivity contribution < 1.29 is 4.79 Å². The van der Waals surface area contributed by atoms with Gasteiger partial charge in [-0.05, 0) is 46.9 Å². The molecule has 23 heavy (non-hydrogen) atoms. The zero-order valence-electron chi connectivity index (χ0n) is 12.2. The average Bonchev–Trinajstić information content (AvgIpc) is 3.12. The molecule has 0 aliphatic carbocycles. The van der Waals surface area contributed by atoms with Crippen molar-refractivity contribution in [1.29, 1.82) is 0 Å². The van der Waals surface area contributed by atoms with Gasteiger partial charge in [-0.2, -0.15) is 0 Å². The fraction of sp³-hybridized carbons (Fsp3) is 0.125. The van der Waals surface area contributed by atoms with Gasteiger partial charge in [0.1, 0.15) is 5.82 Å². The Bertz CT molecular complexity index is 841. The number of hydrogen-bond acceptors (Lipinski definition) is 3. The highest BCUT2D eigenvalue weighted by molar-refractivity contribution is 14.1. The Morgan fingerprint density at radius 2 is 2.04 bits per heavy atom. The summed E-state index contributed by atoms with van der Waals surface area (Å²) in [5.41, 5.74) is 1.87. The molecular weight excluding hydrogens is 445 g/mol. The van der Waals surface area contributed by atoms with E-state index in [4.69, 9.17) is 11.6 Å². The molecule has 1 amide bonds. The second kappa shape index (κ2) is 7.02. The van der Waals surface area contributed by atoms with Gasteiger partial charge in [0.05, 0.1) is 21.5 Å². The standard InChI is InChI=1S/C16H13ClIN3OS/c1-21-9-12(8-19-16(22)13-6-7-14(17)23-13)20-15(21)10-2-4-11(18)5-3-10/h2-7,9H,8H2,1H3,(H,19,22). The summed E-state index contributed by atoms with van der Waals surface area (Å²) in [5.74, 6) is 0.744. The Morgan fingerprint density at radius 3 is 2.70 bits per heavy atom. The number of carbonyl (C=O) groups excluding carboxylic acids is 1. The van der Waals surface area contributed by atoms with Crippen LogP contribution in [-0.4, -0.2) is 15.5 Å². The lowest BCUT2D eigenvalue weighted by Gasteiger charge is -2.01. The summed E-state index contributed by atoms with van der Waals surface area (Å²) < 4.78 is 3.75. The fourth-order valence-corrected chi connectivity index (χ4v) is 3.49. The van der Waals surface area contributed by atoms with Crippen LogP contribution in [0.2, 0.25) is 4.34 Å². The van der Waals surface area contributed by atoms with Crippen molar-refractivity contribution in [1.82, 2.24) is 14.9 Å². The first-order valence-electron chi connectivity index (χ1n) is 6.84. The number of nitrogens with zero attached hydrogens (tertiary/aromatic N) is 2. The molecule has 0 aliphatic rings. The number of hydrogen-bond donors (Lipinski definition) is 1. The van der Waals surface area contributed by atoms with Crippen LogP contribution in [0, 0.1) is 3.57 Å². The zero-order valence-corrected chi connectivity index (χ0v) is 15.9. The summed E-state index contributed by atoms with van der Waals surface area (Å²) in [6.07, 6.45) is 1.93. The molecule has 0 saturated heterocycles. The van der Waals surface area contributed by atoms with Crippen LogP contribution in [-0.2, 0) is 13.6 Å². The number of nitrogens with one attached hydrogen (secondary N) is 1. The second-order valence-electron chi connectivity index (χ2n) is 4.96. The molecule has 2 aromatic heterocycles. The molecule has 0 saturated carbocycles. The van der Waals surface area contributed by atoms with E-state index in [1.807, 2.05) is 42.1 Å². The predicted octanol–water partition coefficient (Wildman–Crippen LogP) is 4.34. The quantitative estimate of drug-likeness (QED) is 0.593. The number of aromatic nitrogens is 2. The van der Waals surface area contributed by atoms with E-state index in [0.717, 1.165) is 17.1 Å². The van der Waals surface area contributed by atoms with Crippen LogP contribution in [0.1, 0.15) is 15.4 Å². The van der Waals surface area contributed by atoms with E-state index >= 15 is 0 Å². The minimum absolute atomic E-state index is 0.136. The summed E-state index contributed by atoms with van der Waals surface area (Å²) in [5, 5.41) is 2.87. The monoisotopic (exact) mass is 457 g/mol. The highest BCUT2D eigenvalue weighted by Gasteiger charge is 2.11. The normalized spacial score (nSPS) is 10.7. The number of imidazole rings is 1. The van der Waals surface area contributed by atoms with Crippen molar-refractivity contribution in [2.24, 2.45) is 7.05 Å². The third-order valence-corrected chi connectivity index (χ3v) is 5.20. The van der Waals surface area contributed by atoms with E-state index in [-0.39, 0.29) is 5.91 Å². The van der Waals surface area contributed by atoms with E-state index in [1.54, 1.807) is 12.1 Å². The number of thiophene rings is 1. The van der Waals surface area contributed by atoms with Crippen LogP contribution in [0.3, 0.4) is 0 Å². The Balaban J connectivity index is 1.71. The number of halogens is 2. The maximum Gasteiger partial charge on any atom is 0.261 e. The van der Waals surface area contributed by atoms with Crippen molar-refractivity contribution in [2.75, 3.05) is 0 Å². The van der Waals surface area contributed by atoms with Crippen LogP contribution < -0.4 is 5.32 Å². The largest absolute Gasteiger partial charge is 0.346 e. The third-order valence-electron chi connectivity index (χ3n) is 3.26. The number of aryl methyl sites for hydroxylation is 1. The number of rotatable bonds is 4. The molecule has 7 heteroatoms. The lowest BCUT2D eigenvalue weighted by atomic mass is 10.2. The predicted molar refractivity (Wildman–Crippen MR) is 102 cm³/mol. The molecule has 2 heterocycles. The van der Waals surface area contributed by atoms with E-state index in [1.165, 1.54) is 14.9 Å². The second-order valence-corrected chi connectivity index (χ2v) is 7.92. The van der Waals surface area contributed by atoms with Gasteiger partial charge in [-0.25, -0.2) is 4.98 Å². The molecule has 0 bridgehead atoms. The fourth-order valence-electron chi connectivity index (χ4n) is 2.18. The molecule has 0 aliphatic heterocycles. The summed E-state index contributed by atoms with van der Waals surface area (Å²) in [6.45, 7) is 0.382. The van der Waals surface area contributed by atoms with Crippen molar-refractivity contribution >= 4 is 51.4 Å². The summed E-state index contributed by atoms with van der Waals surface area (Å²) in [7, 11) is 1.95. The highest BCUT2D eigenvalue weighted by Crippen LogP contribution is 2.22. The SMILES string of the molecule is Cn1cc(CNC(=O)c2ccc(Cl)s2)nc1-c1ccc(I)cc1. The zero-order chi connectivity index (χ0) is 16.4. The van der Waals surface area contributed by atoms with Gasteiger partial charge in [0.2, 0.25) is 0 Å². The molecule has 118 valence electrons. The van der Waals surface area contributed by atoms with Crippen LogP contribution in [0.5, 0.6) is 0 Å². The van der Waals surface area contributed by atoms with Gasteiger partial charge in [0, 0.05) is 22.4 Å². The number of carbonyl (C=O) groups is 1. The van der Waals surface area contributed by atoms with Gasteiger partial charge in [-0.3, -0.25) is 4.79 Å². The molecule has 0 atom stereocenters. The molecule has 4 nitrogen and oxygen atoms in total. The maximum absolute atomic E-state index is 12.0. The van der Waals surface area contributed by atoms with Crippen molar-refractivity contribution in [3.63, 3.8) is 0 Å². The first-order valence-corrected chi connectivity index (χ1v) is 9.12. The Hall–Kier alpha value is -1.38. The molecule has 3 aromatic rings. The van der Waals surface area contributed by atoms with Crippen LogP contribution in [0.25, 0.3) is 11.4 Å². The number of amides is 1. The van der Waals surface area contributed by atoms with Crippen molar-refractivity contribution in [3.8, 4) is 11.4 Å². The number of benzene rings is 1. The summed E-state index contributed by atoms with van der Waals surface area (Å²) in [6, 6.07) is 11.6. The molecule has 1 N–H and O–H groups in total. The summed E-state index contributed by atoms with van der Waals surface area (Å²) in [4.78, 5) is 17.2. The topological polar surface area (TPSA) is 46.9 Å². The van der Waals surface area contributed by atoms with Crippen LogP contribution in [0.15, 0.2) is 42.6 Å². The van der Waals surface area contributed by atoms with Crippen molar-refractivity contribution in [2.45, 2.75) is 6.54 Å². The van der Waals surface area contributed by atoms with Gasteiger partial charge in [-0.15, -0.1) is 11.3 Å². The van der Waals surface area contributed by atoms with Gasteiger partial charge in [0.25, 0.3) is 5.91 Å². The molecule has 0 unspecified atom stereocenters. The van der Waals surface area contributed by atoms with E-state index in [0.29, 0.717) is 15.8 Å². The van der Waals surface area contributed by atoms with Crippen LogP contribution >= 0.6 is 45.5 Å². The van der Waals surface area contributed by atoms with Crippen LogP contribution in [0.4, 0.5) is 0 Å². The Kier molecular flexibility index (Phi) is 5.03. The van der Waals surface area contributed by atoms with E-state index in [9.17, 15) is 4.79 Å². The van der Waals surface area contributed by atoms with E-state index in [2.05, 4.69) is 32.9 Å². The summed E-state index contributed by atoms with van der Waals surface area (Å²) >= 11 is 9.39. The highest BCUT2D eigenvalue weighted by atomic mass is 127. The molecule has 1 aromatic carbocycles. The molecule has 0 spiro atoms. The first kappa shape index (κ1) is 16.5. The lowest BCUT2D eigenvalue weighted by Crippen LogP contribution is -2.21. The van der Waals surface area contributed by atoms with Gasteiger partial charge in [0.15, 0.2) is 0 Å². The average molecular weight is 458 g/mol.